The van der Waals surface area contributed by atoms with Crippen molar-refractivity contribution in [3.8, 4) is 5.69 Å². The molecule has 0 saturated heterocycles. The molecule has 1 aromatic carbocycles. The van der Waals surface area contributed by atoms with Crippen molar-refractivity contribution in [3.05, 3.63) is 60.3 Å². The minimum Gasteiger partial charge on any atom is -0.384 e. The van der Waals surface area contributed by atoms with E-state index in [4.69, 9.17) is 5.73 Å². The second kappa shape index (κ2) is 5.97. The van der Waals surface area contributed by atoms with Gasteiger partial charge in [0.2, 0.25) is 0 Å². The predicted octanol–water partition coefficient (Wildman–Crippen LogP) is 2.85. The molecule has 0 unspecified atom stereocenters. The van der Waals surface area contributed by atoms with Crippen LogP contribution in [0.25, 0.3) is 5.69 Å². The van der Waals surface area contributed by atoms with Gasteiger partial charge in [-0.1, -0.05) is 23.9 Å². The Balaban J connectivity index is 1.68. The van der Waals surface area contributed by atoms with Gasteiger partial charge in [0.05, 0.1) is 6.33 Å². The second-order valence-corrected chi connectivity index (χ2v) is 5.58. The molecule has 3 aromatic rings. The van der Waals surface area contributed by atoms with E-state index in [1.807, 2.05) is 17.7 Å². The third kappa shape index (κ3) is 3.41. The van der Waals surface area contributed by atoms with E-state index < -0.39 is 0 Å². The zero-order chi connectivity index (χ0) is 14.7. The van der Waals surface area contributed by atoms with E-state index >= 15 is 0 Å². The minimum absolute atomic E-state index is 0.514. The maximum Gasteiger partial charge on any atom is 0.190 e. The zero-order valence-electron chi connectivity index (χ0n) is 11.6. The number of benzene rings is 1. The minimum atomic E-state index is 0.514. The van der Waals surface area contributed by atoms with Gasteiger partial charge in [0.25, 0.3) is 0 Å². The summed E-state index contributed by atoms with van der Waals surface area (Å²) in [6.07, 6.45) is 5.48. The molecule has 2 N–H and O–H groups in total. The Morgan fingerprint density at radius 1 is 1.19 bits per heavy atom. The van der Waals surface area contributed by atoms with Gasteiger partial charge in [-0.15, -0.1) is 0 Å². The molecule has 2 heterocycles. The van der Waals surface area contributed by atoms with Crippen molar-refractivity contribution in [3.63, 3.8) is 0 Å². The zero-order valence-corrected chi connectivity index (χ0v) is 12.4. The van der Waals surface area contributed by atoms with Crippen LogP contribution >= 0.6 is 11.8 Å². The summed E-state index contributed by atoms with van der Waals surface area (Å²) in [6.45, 7) is 1.92. The molecule has 3 rings (SSSR count). The number of aryl methyl sites for hydroxylation is 1. The number of hydrogen-bond acceptors (Lipinski definition) is 5. The van der Waals surface area contributed by atoms with Gasteiger partial charge in [-0.05, 0) is 24.6 Å². The SMILES string of the molecule is Cc1cc(N)nc(SCc2ccc(-n3ccnc3)cc2)n1. The van der Waals surface area contributed by atoms with Crippen LogP contribution in [0, 0.1) is 6.92 Å². The van der Waals surface area contributed by atoms with Gasteiger partial charge in [-0.3, -0.25) is 0 Å². The Kier molecular flexibility index (Phi) is 3.87. The molecule has 6 heteroatoms. The van der Waals surface area contributed by atoms with E-state index in [0.29, 0.717) is 11.0 Å². The van der Waals surface area contributed by atoms with E-state index in [1.54, 1.807) is 30.4 Å². The first-order valence-corrected chi connectivity index (χ1v) is 7.50. The van der Waals surface area contributed by atoms with Crippen molar-refractivity contribution in [1.82, 2.24) is 19.5 Å². The molecule has 0 bridgehead atoms. The van der Waals surface area contributed by atoms with Crippen molar-refractivity contribution in [1.29, 1.82) is 0 Å². The maximum atomic E-state index is 5.73. The second-order valence-electron chi connectivity index (χ2n) is 4.64. The lowest BCUT2D eigenvalue weighted by Crippen LogP contribution is -1.96. The number of aromatic nitrogens is 4. The number of imidazole rings is 1. The van der Waals surface area contributed by atoms with E-state index in [0.717, 1.165) is 17.1 Å². The largest absolute Gasteiger partial charge is 0.384 e. The standard InChI is InChI=1S/C15H15N5S/c1-11-8-14(16)19-15(18-11)21-9-12-2-4-13(5-3-12)20-7-6-17-10-20/h2-8,10H,9H2,1H3,(H2,16,18,19). The Morgan fingerprint density at radius 2 is 2.00 bits per heavy atom. The highest BCUT2D eigenvalue weighted by Crippen LogP contribution is 2.21. The normalized spacial score (nSPS) is 10.7. The van der Waals surface area contributed by atoms with Gasteiger partial charge in [-0.25, -0.2) is 15.0 Å². The lowest BCUT2D eigenvalue weighted by Gasteiger charge is -2.05. The molecule has 0 aliphatic heterocycles. The Morgan fingerprint density at radius 3 is 2.67 bits per heavy atom. The molecular formula is C15H15N5S. The van der Waals surface area contributed by atoms with Crippen molar-refractivity contribution in [2.24, 2.45) is 0 Å². The monoisotopic (exact) mass is 297 g/mol. The average molecular weight is 297 g/mol. The van der Waals surface area contributed by atoms with Crippen LogP contribution in [-0.4, -0.2) is 19.5 Å². The average Bonchev–Trinajstić information content (AvgIpc) is 2.99. The summed E-state index contributed by atoms with van der Waals surface area (Å²) in [7, 11) is 0. The predicted molar refractivity (Wildman–Crippen MR) is 84.3 cm³/mol. The van der Waals surface area contributed by atoms with Crippen LogP contribution in [0.2, 0.25) is 0 Å². The van der Waals surface area contributed by atoms with Gasteiger partial charge in [0.1, 0.15) is 5.82 Å². The first kappa shape index (κ1) is 13.6. The number of nitrogens with zero attached hydrogens (tertiary/aromatic N) is 4. The fraction of sp³-hybridized carbons (Fsp3) is 0.133. The number of nitrogen functional groups attached to an aromatic ring is 1. The molecule has 21 heavy (non-hydrogen) atoms. The highest BCUT2D eigenvalue weighted by atomic mass is 32.2. The van der Waals surface area contributed by atoms with Crippen LogP contribution < -0.4 is 5.73 Å². The summed E-state index contributed by atoms with van der Waals surface area (Å²) in [5.41, 5.74) is 8.93. The summed E-state index contributed by atoms with van der Waals surface area (Å²) in [5.74, 6) is 1.33. The first-order valence-electron chi connectivity index (χ1n) is 6.52. The van der Waals surface area contributed by atoms with Gasteiger partial charge in [0, 0.05) is 35.6 Å². The Bertz CT molecular complexity index is 702. The van der Waals surface area contributed by atoms with E-state index in [1.165, 1.54) is 5.56 Å². The Hall–Kier alpha value is -2.34. The molecular weight excluding hydrogens is 282 g/mol. The van der Waals surface area contributed by atoms with Gasteiger partial charge in [0.15, 0.2) is 5.16 Å². The molecule has 0 aliphatic carbocycles. The molecule has 0 saturated carbocycles. The molecule has 0 spiro atoms. The Labute approximate surface area is 127 Å². The third-order valence-electron chi connectivity index (χ3n) is 2.96. The maximum absolute atomic E-state index is 5.73. The molecule has 0 fully saturated rings. The fourth-order valence-corrected chi connectivity index (χ4v) is 2.82. The lowest BCUT2D eigenvalue weighted by molar-refractivity contribution is 0.940. The summed E-state index contributed by atoms with van der Waals surface area (Å²) in [5, 5.41) is 0.714. The number of hydrogen-bond donors (Lipinski definition) is 1. The highest BCUT2D eigenvalue weighted by Gasteiger charge is 2.02. The van der Waals surface area contributed by atoms with Crippen LogP contribution in [0.15, 0.2) is 54.2 Å². The number of rotatable bonds is 4. The summed E-state index contributed by atoms with van der Waals surface area (Å²) >= 11 is 1.58. The summed E-state index contributed by atoms with van der Waals surface area (Å²) < 4.78 is 1.97. The third-order valence-corrected chi connectivity index (χ3v) is 3.88. The highest BCUT2D eigenvalue weighted by molar-refractivity contribution is 7.98. The molecule has 2 aromatic heterocycles. The first-order chi connectivity index (χ1) is 10.2. The quantitative estimate of drug-likeness (QED) is 0.592. The molecule has 0 aliphatic rings. The smallest absolute Gasteiger partial charge is 0.190 e. The summed E-state index contributed by atoms with van der Waals surface area (Å²) in [6, 6.07) is 10.1. The van der Waals surface area contributed by atoms with Crippen molar-refractivity contribution in [2.45, 2.75) is 17.8 Å². The topological polar surface area (TPSA) is 69.6 Å². The lowest BCUT2D eigenvalue weighted by atomic mass is 10.2. The number of nitrogens with two attached hydrogens (primary N) is 1. The van der Waals surface area contributed by atoms with Crippen LogP contribution in [-0.2, 0) is 5.75 Å². The van der Waals surface area contributed by atoms with E-state index in [2.05, 4.69) is 39.2 Å². The fourth-order valence-electron chi connectivity index (χ4n) is 1.95. The van der Waals surface area contributed by atoms with Gasteiger partial charge in [-0.2, -0.15) is 0 Å². The van der Waals surface area contributed by atoms with E-state index in [9.17, 15) is 0 Å². The molecule has 5 nitrogen and oxygen atoms in total. The number of thioether (sulfide) groups is 1. The van der Waals surface area contributed by atoms with Gasteiger partial charge < -0.3 is 10.3 Å². The number of anilines is 1. The van der Waals surface area contributed by atoms with Crippen molar-refractivity contribution in [2.75, 3.05) is 5.73 Å². The molecule has 0 amide bonds. The van der Waals surface area contributed by atoms with Crippen LogP contribution in [0.5, 0.6) is 0 Å². The van der Waals surface area contributed by atoms with E-state index in [-0.39, 0.29) is 0 Å². The van der Waals surface area contributed by atoms with Gasteiger partial charge >= 0.3 is 0 Å². The molecule has 106 valence electrons. The van der Waals surface area contributed by atoms with Crippen LogP contribution in [0.1, 0.15) is 11.3 Å². The van der Waals surface area contributed by atoms with Crippen molar-refractivity contribution >= 4 is 17.6 Å². The van der Waals surface area contributed by atoms with Crippen LogP contribution in [0.4, 0.5) is 5.82 Å². The molecule has 0 radical (unpaired) electrons. The van der Waals surface area contributed by atoms with Crippen LogP contribution in [0.3, 0.4) is 0 Å². The van der Waals surface area contributed by atoms with Crippen molar-refractivity contribution < 1.29 is 0 Å². The molecule has 0 atom stereocenters. The summed E-state index contributed by atoms with van der Waals surface area (Å²) in [4.78, 5) is 12.6.